The Bertz CT molecular complexity index is 746. The number of hydrogen-bond donors (Lipinski definition) is 1. The molecule has 1 heterocycles. The average molecular weight is 334 g/mol. The fraction of sp³-hybridized carbons (Fsp3) is 0.235. The number of halogens is 1. The second-order valence-electron chi connectivity index (χ2n) is 5.11. The highest BCUT2D eigenvalue weighted by Crippen LogP contribution is 2.28. The molecule has 0 fully saturated rings. The Kier molecular flexibility index (Phi) is 5.34. The van der Waals surface area contributed by atoms with Gasteiger partial charge >= 0.3 is 0 Å². The Hall–Kier alpha value is -2.40. The van der Waals surface area contributed by atoms with Gasteiger partial charge in [0.05, 0.1) is 18.4 Å². The van der Waals surface area contributed by atoms with Crippen molar-refractivity contribution in [3.05, 3.63) is 53.3 Å². The fourth-order valence-corrected chi connectivity index (χ4v) is 2.26. The molecule has 0 bridgehead atoms. The van der Waals surface area contributed by atoms with Crippen molar-refractivity contribution >= 4 is 29.0 Å². The van der Waals surface area contributed by atoms with Crippen LogP contribution in [0.5, 0.6) is 5.75 Å². The normalized spacial score (nSPS) is 11.7. The summed E-state index contributed by atoms with van der Waals surface area (Å²) in [5.41, 5.74) is 1.05. The van der Waals surface area contributed by atoms with Crippen LogP contribution in [0.3, 0.4) is 0 Å². The first-order chi connectivity index (χ1) is 10.9. The minimum Gasteiger partial charge on any atom is -0.495 e. The molecule has 1 aromatic heterocycles. The van der Waals surface area contributed by atoms with Crippen LogP contribution in [0.4, 0.5) is 5.69 Å². The Morgan fingerprint density at radius 1 is 1.30 bits per heavy atom. The molecule has 2 aromatic rings. The number of ether oxygens (including phenoxy) is 1. The van der Waals surface area contributed by atoms with Crippen LogP contribution in [0.1, 0.15) is 30.2 Å². The van der Waals surface area contributed by atoms with Gasteiger partial charge in [-0.3, -0.25) is 9.59 Å². The van der Waals surface area contributed by atoms with Crippen molar-refractivity contribution in [2.45, 2.75) is 19.9 Å². The van der Waals surface area contributed by atoms with E-state index in [4.69, 9.17) is 16.3 Å². The van der Waals surface area contributed by atoms with Gasteiger partial charge in [0.1, 0.15) is 5.75 Å². The summed E-state index contributed by atoms with van der Waals surface area (Å²) in [7, 11) is 1.52. The lowest BCUT2D eigenvalue weighted by atomic mass is 10.2. The number of nitrogens with zero attached hydrogens (tertiary/aromatic N) is 1. The van der Waals surface area contributed by atoms with Crippen LogP contribution in [-0.4, -0.2) is 18.8 Å². The van der Waals surface area contributed by atoms with Gasteiger partial charge in [0.25, 0.3) is 5.91 Å². The van der Waals surface area contributed by atoms with Crippen LogP contribution in [0.15, 0.2) is 42.7 Å². The SMILES string of the molecule is COc1ccc(Cl)cc1NC(=O)[C@@H](C)[n+]1cccc(C(C)=O)c1. The molecule has 0 saturated carbocycles. The van der Waals surface area contributed by atoms with Crippen LogP contribution < -0.4 is 14.6 Å². The molecule has 0 aliphatic rings. The van der Waals surface area contributed by atoms with Crippen molar-refractivity contribution in [2.24, 2.45) is 0 Å². The molecule has 6 heteroatoms. The Morgan fingerprint density at radius 2 is 2.04 bits per heavy atom. The highest BCUT2D eigenvalue weighted by Gasteiger charge is 2.23. The average Bonchev–Trinajstić information content (AvgIpc) is 2.54. The smallest absolute Gasteiger partial charge is 0.293 e. The summed E-state index contributed by atoms with van der Waals surface area (Å²) in [6.45, 7) is 3.23. The second-order valence-corrected chi connectivity index (χ2v) is 5.54. The standard InChI is InChI=1S/C17H17ClN2O3/c1-11(20-8-4-5-13(10-20)12(2)21)17(22)19-15-9-14(18)6-7-16(15)23-3/h4-11H,1-3H3/p+1/t11-/m1/s1. The minimum absolute atomic E-state index is 0.0523. The van der Waals surface area contributed by atoms with Crippen molar-refractivity contribution in [1.29, 1.82) is 0 Å². The number of ketones is 1. The first kappa shape index (κ1) is 17.0. The predicted molar refractivity (Wildman–Crippen MR) is 88.0 cm³/mol. The van der Waals surface area contributed by atoms with E-state index in [1.54, 1.807) is 54.2 Å². The maximum absolute atomic E-state index is 12.5. The molecule has 2 rings (SSSR count). The van der Waals surface area contributed by atoms with Gasteiger partial charge in [-0.05, 0) is 31.2 Å². The maximum Gasteiger partial charge on any atom is 0.293 e. The first-order valence-corrected chi connectivity index (χ1v) is 7.46. The summed E-state index contributed by atoms with van der Waals surface area (Å²) < 4.78 is 6.90. The molecule has 120 valence electrons. The third-order valence-electron chi connectivity index (χ3n) is 3.47. The van der Waals surface area contributed by atoms with E-state index in [0.29, 0.717) is 22.0 Å². The van der Waals surface area contributed by atoms with E-state index in [-0.39, 0.29) is 11.7 Å². The van der Waals surface area contributed by atoms with Crippen molar-refractivity contribution in [2.75, 3.05) is 12.4 Å². The summed E-state index contributed by atoms with van der Waals surface area (Å²) in [6, 6.07) is 7.94. The zero-order valence-corrected chi connectivity index (χ0v) is 13.9. The van der Waals surface area contributed by atoms with Crippen LogP contribution in [0.25, 0.3) is 0 Å². The zero-order chi connectivity index (χ0) is 17.0. The zero-order valence-electron chi connectivity index (χ0n) is 13.2. The van der Waals surface area contributed by atoms with Crippen molar-refractivity contribution in [3.63, 3.8) is 0 Å². The van der Waals surface area contributed by atoms with Crippen molar-refractivity contribution < 1.29 is 18.9 Å². The van der Waals surface area contributed by atoms with E-state index in [2.05, 4.69) is 5.32 Å². The molecular weight excluding hydrogens is 316 g/mol. The van der Waals surface area contributed by atoms with Crippen molar-refractivity contribution in [3.8, 4) is 5.75 Å². The Morgan fingerprint density at radius 3 is 2.70 bits per heavy atom. The highest BCUT2D eigenvalue weighted by atomic mass is 35.5. The monoisotopic (exact) mass is 333 g/mol. The fourth-order valence-electron chi connectivity index (χ4n) is 2.09. The first-order valence-electron chi connectivity index (χ1n) is 7.08. The lowest BCUT2D eigenvalue weighted by Gasteiger charge is -2.12. The van der Waals surface area contributed by atoms with Gasteiger partial charge < -0.3 is 10.1 Å². The Labute approximate surface area is 139 Å². The number of carbonyl (C=O) groups excluding carboxylic acids is 2. The number of anilines is 1. The van der Waals surface area contributed by atoms with Crippen LogP contribution >= 0.6 is 11.6 Å². The summed E-state index contributed by atoms with van der Waals surface area (Å²) in [6.07, 6.45) is 3.40. The van der Waals surface area contributed by atoms with Gasteiger partial charge in [-0.1, -0.05) is 11.6 Å². The number of rotatable bonds is 5. The number of Topliss-reactive ketones (excluding diaryl/α,β-unsaturated/α-hetero) is 1. The third-order valence-corrected chi connectivity index (χ3v) is 3.71. The quantitative estimate of drug-likeness (QED) is 0.676. The number of aromatic nitrogens is 1. The number of pyridine rings is 1. The molecule has 0 spiro atoms. The minimum atomic E-state index is -0.502. The van der Waals surface area contributed by atoms with Crippen LogP contribution in [-0.2, 0) is 4.79 Å². The molecule has 1 amide bonds. The van der Waals surface area contributed by atoms with E-state index in [0.717, 1.165) is 0 Å². The molecule has 0 saturated heterocycles. The van der Waals surface area contributed by atoms with E-state index >= 15 is 0 Å². The number of nitrogens with one attached hydrogen (secondary N) is 1. The number of benzene rings is 1. The lowest BCUT2D eigenvalue weighted by Crippen LogP contribution is -2.44. The van der Waals surface area contributed by atoms with Gasteiger partial charge in [-0.25, -0.2) is 0 Å². The summed E-state index contributed by atoms with van der Waals surface area (Å²) in [5, 5.41) is 3.30. The topological polar surface area (TPSA) is 59.3 Å². The Balaban J connectivity index is 2.22. The molecule has 0 unspecified atom stereocenters. The van der Waals surface area contributed by atoms with Gasteiger partial charge in [0.2, 0.25) is 6.04 Å². The molecular formula is C17H18ClN2O3+. The predicted octanol–water partition coefficient (Wildman–Crippen LogP) is 3.04. The van der Waals surface area contributed by atoms with E-state index in [1.165, 1.54) is 14.0 Å². The molecule has 0 radical (unpaired) electrons. The molecule has 1 N–H and O–H groups in total. The molecule has 1 atom stereocenters. The molecule has 0 aliphatic heterocycles. The molecule has 1 aromatic carbocycles. The molecule has 23 heavy (non-hydrogen) atoms. The van der Waals surface area contributed by atoms with Crippen LogP contribution in [0.2, 0.25) is 5.02 Å². The van der Waals surface area contributed by atoms with Gasteiger partial charge in [0, 0.05) is 18.0 Å². The summed E-state index contributed by atoms with van der Waals surface area (Å²) in [4.78, 5) is 23.9. The van der Waals surface area contributed by atoms with Gasteiger partial charge in [0.15, 0.2) is 18.2 Å². The number of amides is 1. The number of methoxy groups -OCH3 is 1. The second kappa shape index (κ2) is 7.24. The van der Waals surface area contributed by atoms with Crippen molar-refractivity contribution in [1.82, 2.24) is 0 Å². The number of carbonyl (C=O) groups is 2. The largest absolute Gasteiger partial charge is 0.495 e. The highest BCUT2D eigenvalue weighted by molar-refractivity contribution is 6.31. The van der Waals surface area contributed by atoms with E-state index < -0.39 is 6.04 Å². The van der Waals surface area contributed by atoms with E-state index in [1.807, 2.05) is 0 Å². The maximum atomic E-state index is 12.5. The number of hydrogen-bond acceptors (Lipinski definition) is 3. The summed E-state index contributed by atoms with van der Waals surface area (Å²) in [5.74, 6) is 0.233. The summed E-state index contributed by atoms with van der Waals surface area (Å²) >= 11 is 5.96. The third kappa shape index (κ3) is 4.07. The van der Waals surface area contributed by atoms with E-state index in [9.17, 15) is 9.59 Å². The van der Waals surface area contributed by atoms with Gasteiger partial charge in [-0.15, -0.1) is 0 Å². The lowest BCUT2D eigenvalue weighted by molar-refractivity contribution is -0.705. The molecule has 5 nitrogen and oxygen atoms in total. The van der Waals surface area contributed by atoms with Gasteiger partial charge in [-0.2, -0.15) is 4.57 Å². The molecule has 0 aliphatic carbocycles. The van der Waals surface area contributed by atoms with Crippen LogP contribution in [0, 0.1) is 0 Å².